The van der Waals surface area contributed by atoms with Crippen molar-refractivity contribution in [3.63, 3.8) is 0 Å². The van der Waals surface area contributed by atoms with Crippen LogP contribution in [0.4, 0.5) is 5.69 Å². The Hall–Kier alpha value is -0.880. The first-order valence-electron chi connectivity index (χ1n) is 6.37. The van der Waals surface area contributed by atoms with Crippen molar-refractivity contribution in [2.75, 3.05) is 19.5 Å². The molecular formula is C15H17INO3P. The molecule has 2 aromatic rings. The number of anilines is 1. The molecule has 21 heavy (non-hydrogen) atoms. The Kier molecular flexibility index (Phi) is 5.81. The Labute approximate surface area is 138 Å². The van der Waals surface area contributed by atoms with E-state index in [1.807, 2.05) is 54.6 Å². The third kappa shape index (κ3) is 4.07. The van der Waals surface area contributed by atoms with E-state index >= 15 is 0 Å². The van der Waals surface area contributed by atoms with Crippen molar-refractivity contribution in [1.29, 1.82) is 0 Å². The maximum atomic E-state index is 12.8. The smallest absolute Gasteiger partial charge is 0.356 e. The molecule has 2 rings (SSSR count). The van der Waals surface area contributed by atoms with Gasteiger partial charge in [-0.1, -0.05) is 30.3 Å². The predicted octanol–water partition coefficient (Wildman–Crippen LogP) is 4.89. The highest BCUT2D eigenvalue weighted by Crippen LogP contribution is 2.59. The lowest BCUT2D eigenvalue weighted by Gasteiger charge is -2.26. The molecule has 0 bridgehead atoms. The normalized spacial score (nSPS) is 12.9. The van der Waals surface area contributed by atoms with E-state index in [2.05, 4.69) is 27.9 Å². The molecule has 0 spiro atoms. The van der Waals surface area contributed by atoms with Crippen LogP contribution < -0.4 is 5.32 Å². The van der Waals surface area contributed by atoms with Crippen LogP contribution >= 0.6 is 30.2 Å². The predicted molar refractivity (Wildman–Crippen MR) is 93.6 cm³/mol. The number of hydrogen-bond donors (Lipinski definition) is 1. The Morgan fingerprint density at radius 2 is 1.57 bits per heavy atom. The largest absolute Gasteiger partial charge is 0.368 e. The van der Waals surface area contributed by atoms with Crippen molar-refractivity contribution in [3.05, 3.63) is 63.7 Å². The first-order chi connectivity index (χ1) is 10.1. The van der Waals surface area contributed by atoms with Crippen molar-refractivity contribution >= 4 is 35.9 Å². The molecule has 1 atom stereocenters. The Balaban J connectivity index is 2.37. The van der Waals surface area contributed by atoms with Crippen LogP contribution in [0.1, 0.15) is 11.3 Å². The van der Waals surface area contributed by atoms with Gasteiger partial charge in [-0.3, -0.25) is 4.57 Å². The zero-order valence-electron chi connectivity index (χ0n) is 11.8. The lowest BCUT2D eigenvalue weighted by molar-refractivity contribution is 0.268. The molecule has 2 aromatic carbocycles. The summed E-state index contributed by atoms with van der Waals surface area (Å²) in [5, 5.41) is 3.25. The molecule has 0 unspecified atom stereocenters. The van der Waals surface area contributed by atoms with E-state index in [0.29, 0.717) is 0 Å². The van der Waals surface area contributed by atoms with E-state index in [0.717, 1.165) is 14.8 Å². The van der Waals surface area contributed by atoms with Gasteiger partial charge >= 0.3 is 7.60 Å². The van der Waals surface area contributed by atoms with Crippen LogP contribution in [-0.2, 0) is 13.6 Å². The fourth-order valence-corrected chi connectivity index (χ4v) is 3.74. The molecule has 0 saturated carbocycles. The molecule has 1 N–H and O–H groups in total. The minimum absolute atomic E-state index is 0.561. The molecule has 0 aromatic heterocycles. The SMILES string of the molecule is COP(=O)(OC)[C@@H](Nc1ccc(I)cc1)c1ccccc1. The Morgan fingerprint density at radius 3 is 2.10 bits per heavy atom. The summed E-state index contributed by atoms with van der Waals surface area (Å²) in [6, 6.07) is 17.3. The van der Waals surface area contributed by atoms with Gasteiger partial charge < -0.3 is 14.4 Å². The lowest BCUT2D eigenvalue weighted by Crippen LogP contribution is -2.13. The van der Waals surface area contributed by atoms with Crippen molar-refractivity contribution in [3.8, 4) is 0 Å². The van der Waals surface area contributed by atoms with Crippen molar-refractivity contribution in [1.82, 2.24) is 0 Å². The number of nitrogens with one attached hydrogen (secondary N) is 1. The zero-order chi connectivity index (χ0) is 15.3. The van der Waals surface area contributed by atoms with Gasteiger partial charge in [0.05, 0.1) is 0 Å². The lowest BCUT2D eigenvalue weighted by atomic mass is 10.2. The average Bonchev–Trinajstić information content (AvgIpc) is 2.54. The van der Waals surface area contributed by atoms with Gasteiger partial charge in [-0.25, -0.2) is 0 Å². The average molecular weight is 417 g/mol. The maximum absolute atomic E-state index is 12.8. The van der Waals surface area contributed by atoms with Crippen LogP contribution in [0.2, 0.25) is 0 Å². The summed E-state index contributed by atoms with van der Waals surface area (Å²) in [6.45, 7) is 0. The van der Waals surface area contributed by atoms with Gasteiger partial charge in [0, 0.05) is 23.5 Å². The van der Waals surface area contributed by atoms with Gasteiger partial charge in [0.25, 0.3) is 0 Å². The molecule has 0 fully saturated rings. The van der Waals surface area contributed by atoms with Crippen LogP contribution in [0.25, 0.3) is 0 Å². The van der Waals surface area contributed by atoms with Gasteiger partial charge in [0.1, 0.15) is 0 Å². The van der Waals surface area contributed by atoms with Gasteiger partial charge in [0.15, 0.2) is 5.78 Å². The molecule has 0 radical (unpaired) electrons. The van der Waals surface area contributed by atoms with Crippen molar-refractivity contribution in [2.24, 2.45) is 0 Å². The zero-order valence-corrected chi connectivity index (χ0v) is 14.9. The second-order valence-corrected chi connectivity index (χ2v) is 7.94. The van der Waals surface area contributed by atoms with E-state index in [4.69, 9.17) is 9.05 Å². The molecule has 4 nitrogen and oxygen atoms in total. The highest BCUT2D eigenvalue weighted by Gasteiger charge is 2.35. The molecule has 112 valence electrons. The van der Waals surface area contributed by atoms with Crippen LogP contribution in [0.3, 0.4) is 0 Å². The number of rotatable bonds is 6. The highest BCUT2D eigenvalue weighted by molar-refractivity contribution is 14.1. The van der Waals surface area contributed by atoms with Gasteiger partial charge in [-0.15, -0.1) is 0 Å². The molecule has 0 aliphatic heterocycles. The molecule has 0 saturated heterocycles. The fraction of sp³-hybridized carbons (Fsp3) is 0.200. The molecular weight excluding hydrogens is 400 g/mol. The monoisotopic (exact) mass is 417 g/mol. The standard InChI is InChI=1S/C15H17INO3P/c1-19-21(18,20-2)15(12-6-4-3-5-7-12)17-14-10-8-13(16)9-11-14/h3-11,15,17H,1-2H3/t15-/m1/s1. The number of halogens is 1. The molecule has 6 heteroatoms. The minimum atomic E-state index is -3.30. The highest BCUT2D eigenvalue weighted by atomic mass is 127. The first kappa shape index (κ1) is 16.5. The summed E-state index contributed by atoms with van der Waals surface area (Å²) in [5.41, 5.74) is 1.71. The van der Waals surface area contributed by atoms with Crippen molar-refractivity contribution < 1.29 is 13.6 Å². The number of benzene rings is 2. The second kappa shape index (κ2) is 7.40. The van der Waals surface area contributed by atoms with E-state index in [-0.39, 0.29) is 0 Å². The van der Waals surface area contributed by atoms with Crippen LogP contribution in [0, 0.1) is 3.57 Å². The van der Waals surface area contributed by atoms with E-state index in [1.165, 1.54) is 14.2 Å². The van der Waals surface area contributed by atoms with Crippen LogP contribution in [0.15, 0.2) is 54.6 Å². The molecule has 0 aliphatic carbocycles. The maximum Gasteiger partial charge on any atom is 0.356 e. The minimum Gasteiger partial charge on any atom is -0.368 e. The van der Waals surface area contributed by atoms with E-state index < -0.39 is 13.4 Å². The first-order valence-corrected chi connectivity index (χ1v) is 9.06. The third-order valence-corrected chi connectivity index (χ3v) is 5.88. The molecule has 0 aliphatic rings. The quantitative estimate of drug-likeness (QED) is 0.537. The summed E-state index contributed by atoms with van der Waals surface area (Å²) in [6.07, 6.45) is 0. The van der Waals surface area contributed by atoms with Gasteiger partial charge in [0.2, 0.25) is 0 Å². The molecule has 0 heterocycles. The topological polar surface area (TPSA) is 47.6 Å². The third-order valence-electron chi connectivity index (χ3n) is 3.09. The Bertz CT molecular complexity index is 611. The van der Waals surface area contributed by atoms with Crippen LogP contribution in [0.5, 0.6) is 0 Å². The Morgan fingerprint density at radius 1 is 1.00 bits per heavy atom. The summed E-state index contributed by atoms with van der Waals surface area (Å²) in [7, 11) is -0.506. The van der Waals surface area contributed by atoms with Crippen LogP contribution in [-0.4, -0.2) is 14.2 Å². The fourth-order valence-electron chi connectivity index (χ4n) is 1.97. The molecule has 0 amide bonds. The van der Waals surface area contributed by atoms with Crippen molar-refractivity contribution in [2.45, 2.75) is 5.78 Å². The van der Waals surface area contributed by atoms with E-state index in [1.54, 1.807) is 0 Å². The van der Waals surface area contributed by atoms with Gasteiger partial charge in [-0.05, 0) is 52.4 Å². The summed E-state index contributed by atoms with van der Waals surface area (Å²) in [5.74, 6) is -0.561. The summed E-state index contributed by atoms with van der Waals surface area (Å²) < 4.78 is 24.3. The number of hydrogen-bond acceptors (Lipinski definition) is 4. The second-order valence-electron chi connectivity index (χ2n) is 4.37. The van der Waals surface area contributed by atoms with E-state index in [9.17, 15) is 4.57 Å². The summed E-state index contributed by atoms with van der Waals surface area (Å²) >= 11 is 2.24. The summed E-state index contributed by atoms with van der Waals surface area (Å²) in [4.78, 5) is 0. The van der Waals surface area contributed by atoms with Gasteiger partial charge in [-0.2, -0.15) is 0 Å².